The number of amides is 2. The third-order valence-corrected chi connectivity index (χ3v) is 8.87. The highest BCUT2D eigenvalue weighted by Crippen LogP contribution is 2.26. The molecule has 0 aliphatic rings. The zero-order valence-corrected chi connectivity index (χ0v) is 25.6. The molecule has 2 atom stereocenters. The maximum atomic E-state index is 14.2. The van der Waals surface area contributed by atoms with E-state index in [2.05, 4.69) is 5.32 Å². The molecule has 2 unspecified atom stereocenters. The zero-order chi connectivity index (χ0) is 30.2. The molecule has 0 heterocycles. The summed E-state index contributed by atoms with van der Waals surface area (Å²) in [5.74, 6) is -0.146. The van der Waals surface area contributed by atoms with Crippen molar-refractivity contribution in [1.82, 2.24) is 10.2 Å². The average molecular weight is 580 g/mol. The predicted octanol–water partition coefficient (Wildman–Crippen LogP) is 5.23. The van der Waals surface area contributed by atoms with Crippen LogP contribution >= 0.6 is 0 Å². The number of nitrogens with one attached hydrogen (secondary N) is 1. The molecule has 0 saturated heterocycles. The van der Waals surface area contributed by atoms with Gasteiger partial charge in [0.15, 0.2) is 0 Å². The number of ether oxygens (including phenoxy) is 1. The molecule has 1 N–H and O–H groups in total. The summed E-state index contributed by atoms with van der Waals surface area (Å²) in [6.45, 7) is 9.14. The lowest BCUT2D eigenvalue weighted by atomic mass is 10.1. The minimum absolute atomic E-state index is 0.0729. The van der Waals surface area contributed by atoms with Crippen molar-refractivity contribution in [2.75, 3.05) is 18.0 Å². The Labute approximate surface area is 244 Å². The third-order valence-electron chi connectivity index (χ3n) is 7.08. The van der Waals surface area contributed by atoms with E-state index < -0.39 is 28.5 Å². The number of benzene rings is 3. The SMILES string of the molecule is CCC(C)NC(=O)C(CC)N(Cc1cccc(OC)c1)C(=O)CN(c1ccc(C)cc1)S(=O)(=O)c1ccc(C)cc1. The van der Waals surface area contributed by atoms with Crippen LogP contribution in [0.3, 0.4) is 0 Å². The van der Waals surface area contributed by atoms with Crippen LogP contribution < -0.4 is 14.4 Å². The Kier molecular flexibility index (Phi) is 10.9. The van der Waals surface area contributed by atoms with Crippen LogP contribution in [0.2, 0.25) is 0 Å². The van der Waals surface area contributed by atoms with Gasteiger partial charge in [-0.2, -0.15) is 0 Å². The number of rotatable bonds is 13. The first kappa shape index (κ1) is 31.7. The maximum absolute atomic E-state index is 14.2. The van der Waals surface area contributed by atoms with Gasteiger partial charge in [0.05, 0.1) is 17.7 Å². The van der Waals surface area contributed by atoms with Crippen molar-refractivity contribution >= 4 is 27.5 Å². The van der Waals surface area contributed by atoms with Crippen molar-refractivity contribution in [3.8, 4) is 5.75 Å². The monoisotopic (exact) mass is 579 g/mol. The predicted molar refractivity (Wildman–Crippen MR) is 162 cm³/mol. The molecule has 8 nitrogen and oxygen atoms in total. The number of aryl methyl sites for hydroxylation is 2. The molecule has 3 rings (SSSR count). The van der Waals surface area contributed by atoms with Crippen LogP contribution in [0.1, 0.15) is 50.3 Å². The molecule has 220 valence electrons. The number of sulfonamides is 1. The number of nitrogens with zero attached hydrogens (tertiary/aromatic N) is 2. The van der Waals surface area contributed by atoms with Gasteiger partial charge in [0, 0.05) is 12.6 Å². The van der Waals surface area contributed by atoms with Crippen molar-refractivity contribution in [3.63, 3.8) is 0 Å². The van der Waals surface area contributed by atoms with Gasteiger partial charge in [-0.15, -0.1) is 0 Å². The van der Waals surface area contributed by atoms with Crippen LogP contribution in [-0.2, 0) is 26.2 Å². The Bertz CT molecular complexity index is 1420. The molecule has 0 saturated carbocycles. The standard InChI is InChI=1S/C32H41N3O5S/c1-7-25(5)33-32(37)30(8-2)34(21-26-10-9-11-28(20-26)40-6)31(36)22-35(27-16-12-23(3)13-17-27)41(38,39)29-18-14-24(4)15-19-29/h9-20,25,30H,7-8,21-22H2,1-6H3,(H,33,37). The second kappa shape index (κ2) is 14.2. The summed E-state index contributed by atoms with van der Waals surface area (Å²) in [4.78, 5) is 29.1. The second-order valence-electron chi connectivity index (χ2n) is 10.3. The number of methoxy groups -OCH3 is 1. The van der Waals surface area contributed by atoms with Crippen molar-refractivity contribution in [2.24, 2.45) is 0 Å². The fourth-order valence-electron chi connectivity index (χ4n) is 4.41. The van der Waals surface area contributed by atoms with Gasteiger partial charge in [-0.1, -0.05) is 61.4 Å². The Morgan fingerprint density at radius 2 is 1.51 bits per heavy atom. The van der Waals surface area contributed by atoms with Gasteiger partial charge < -0.3 is 15.0 Å². The molecule has 41 heavy (non-hydrogen) atoms. The van der Waals surface area contributed by atoms with Gasteiger partial charge in [0.25, 0.3) is 10.0 Å². The van der Waals surface area contributed by atoms with Gasteiger partial charge in [-0.25, -0.2) is 8.42 Å². The van der Waals surface area contributed by atoms with Crippen molar-refractivity contribution < 1.29 is 22.7 Å². The molecule has 0 aromatic heterocycles. The van der Waals surface area contributed by atoms with Gasteiger partial charge in [0.2, 0.25) is 11.8 Å². The molecule has 3 aromatic carbocycles. The number of hydrogen-bond acceptors (Lipinski definition) is 5. The van der Waals surface area contributed by atoms with Crippen LogP contribution in [-0.4, -0.2) is 50.9 Å². The lowest BCUT2D eigenvalue weighted by molar-refractivity contribution is -0.140. The van der Waals surface area contributed by atoms with Crippen LogP contribution in [0.5, 0.6) is 5.75 Å². The molecule has 0 bridgehead atoms. The van der Waals surface area contributed by atoms with E-state index in [1.54, 1.807) is 67.8 Å². The van der Waals surface area contributed by atoms with Gasteiger partial charge in [0.1, 0.15) is 18.3 Å². The molecule has 3 aromatic rings. The summed E-state index contributed by atoms with van der Waals surface area (Å²) in [5.41, 5.74) is 3.00. The van der Waals surface area contributed by atoms with E-state index in [-0.39, 0.29) is 23.4 Å². The van der Waals surface area contributed by atoms with E-state index in [1.807, 2.05) is 46.8 Å². The molecule has 0 aliphatic heterocycles. The van der Waals surface area contributed by atoms with Crippen molar-refractivity contribution in [1.29, 1.82) is 0 Å². The third kappa shape index (κ3) is 8.10. The summed E-state index contributed by atoms with van der Waals surface area (Å²) in [6, 6.07) is 19.9. The van der Waals surface area contributed by atoms with Crippen LogP contribution in [0, 0.1) is 13.8 Å². The molecule has 9 heteroatoms. The van der Waals surface area contributed by atoms with Gasteiger partial charge in [-0.3, -0.25) is 13.9 Å². The minimum atomic E-state index is -4.11. The Morgan fingerprint density at radius 1 is 0.902 bits per heavy atom. The first-order valence-electron chi connectivity index (χ1n) is 13.9. The van der Waals surface area contributed by atoms with E-state index in [4.69, 9.17) is 4.74 Å². The Balaban J connectivity index is 2.06. The van der Waals surface area contributed by atoms with E-state index in [9.17, 15) is 18.0 Å². The summed E-state index contributed by atoms with van der Waals surface area (Å²) in [7, 11) is -2.54. The molecular formula is C32H41N3O5S. The second-order valence-corrected chi connectivity index (χ2v) is 12.1. The molecule has 0 radical (unpaired) electrons. The fourth-order valence-corrected chi connectivity index (χ4v) is 5.82. The molecule has 2 amide bonds. The molecule has 0 aliphatic carbocycles. The highest BCUT2D eigenvalue weighted by Gasteiger charge is 2.34. The topological polar surface area (TPSA) is 96.0 Å². The smallest absolute Gasteiger partial charge is 0.264 e. The molecule has 0 spiro atoms. The normalized spacial score (nSPS) is 12.7. The maximum Gasteiger partial charge on any atom is 0.264 e. The van der Waals surface area contributed by atoms with E-state index in [0.717, 1.165) is 27.4 Å². The molecular weight excluding hydrogens is 538 g/mol. The van der Waals surface area contributed by atoms with E-state index in [1.165, 1.54) is 4.90 Å². The number of carbonyl (C=O) groups is 2. The van der Waals surface area contributed by atoms with Gasteiger partial charge in [-0.05, 0) is 75.6 Å². The quantitative estimate of drug-likeness (QED) is 0.299. The Hall–Kier alpha value is -3.85. The summed E-state index contributed by atoms with van der Waals surface area (Å²) >= 11 is 0. The number of hydrogen-bond donors (Lipinski definition) is 1. The highest BCUT2D eigenvalue weighted by atomic mass is 32.2. The summed E-state index contributed by atoms with van der Waals surface area (Å²) < 4.78 is 34.4. The lowest BCUT2D eigenvalue weighted by Gasteiger charge is -2.33. The van der Waals surface area contributed by atoms with Crippen molar-refractivity contribution in [2.45, 2.75) is 71.0 Å². The van der Waals surface area contributed by atoms with E-state index >= 15 is 0 Å². The minimum Gasteiger partial charge on any atom is -0.497 e. The highest BCUT2D eigenvalue weighted by molar-refractivity contribution is 7.92. The molecule has 0 fully saturated rings. The zero-order valence-electron chi connectivity index (χ0n) is 24.8. The Morgan fingerprint density at radius 3 is 2.07 bits per heavy atom. The van der Waals surface area contributed by atoms with Gasteiger partial charge >= 0.3 is 0 Å². The first-order chi connectivity index (χ1) is 19.5. The first-order valence-corrected chi connectivity index (χ1v) is 15.3. The van der Waals surface area contributed by atoms with Crippen LogP contribution in [0.25, 0.3) is 0 Å². The van der Waals surface area contributed by atoms with Crippen LogP contribution in [0.4, 0.5) is 5.69 Å². The van der Waals surface area contributed by atoms with Crippen LogP contribution in [0.15, 0.2) is 77.7 Å². The largest absolute Gasteiger partial charge is 0.497 e. The average Bonchev–Trinajstić information content (AvgIpc) is 2.96. The lowest BCUT2D eigenvalue weighted by Crippen LogP contribution is -2.53. The van der Waals surface area contributed by atoms with E-state index in [0.29, 0.717) is 17.9 Å². The fraction of sp³-hybridized carbons (Fsp3) is 0.375. The number of anilines is 1. The number of carbonyl (C=O) groups excluding carboxylic acids is 2. The summed E-state index contributed by atoms with van der Waals surface area (Å²) in [5, 5.41) is 2.99. The summed E-state index contributed by atoms with van der Waals surface area (Å²) in [6.07, 6.45) is 1.09. The van der Waals surface area contributed by atoms with Crippen molar-refractivity contribution in [3.05, 3.63) is 89.5 Å².